The summed E-state index contributed by atoms with van der Waals surface area (Å²) in [7, 11) is 0. The van der Waals surface area contributed by atoms with E-state index in [0.717, 1.165) is 50.3 Å². The van der Waals surface area contributed by atoms with Gasteiger partial charge in [0.15, 0.2) is 0 Å². The van der Waals surface area contributed by atoms with Crippen molar-refractivity contribution in [2.24, 2.45) is 0 Å². The lowest BCUT2D eigenvalue weighted by atomic mass is 9.85. The number of fused-ring (bicyclic) bond motifs is 7. The second-order valence-corrected chi connectivity index (χ2v) is 19.6. The molecule has 4 heterocycles. The van der Waals surface area contributed by atoms with E-state index < -0.39 is 36.3 Å². The smallest absolute Gasteiger partial charge is 0.137 e. The number of rotatable bonds is 7. The van der Waals surface area contributed by atoms with Gasteiger partial charge in [-0.1, -0.05) is 151 Å². The highest BCUT2D eigenvalue weighted by molar-refractivity contribution is 6.16. The molecule has 0 unspecified atom stereocenters. The molecule has 0 N–H and O–H groups in total. The summed E-state index contributed by atoms with van der Waals surface area (Å²) in [6.45, 7) is 13.7. The highest BCUT2D eigenvalue weighted by atomic mass is 16.5. The fourth-order valence-corrected chi connectivity index (χ4v) is 9.70. The summed E-state index contributed by atoms with van der Waals surface area (Å²) in [6.07, 6.45) is 1.80. The number of para-hydroxylation sites is 5. The second-order valence-electron chi connectivity index (χ2n) is 19.6. The molecule has 6 heteroatoms. The molecule has 1 aliphatic heterocycles. The molecule has 6 nitrogen and oxygen atoms in total. The average molecular weight is 892 g/mol. The van der Waals surface area contributed by atoms with Crippen molar-refractivity contribution in [3.05, 3.63) is 211 Å². The molecule has 8 aromatic carbocycles. The molecule has 12 rings (SSSR count). The summed E-state index contributed by atoms with van der Waals surface area (Å²) in [5, 5.41) is 1.41. The van der Waals surface area contributed by atoms with Crippen LogP contribution in [0.3, 0.4) is 0 Å². The minimum Gasteiger partial charge on any atom is -0.457 e. The number of anilines is 4. The largest absolute Gasteiger partial charge is 0.457 e. The monoisotopic (exact) mass is 891 g/mol. The van der Waals surface area contributed by atoms with Crippen molar-refractivity contribution in [1.82, 2.24) is 14.1 Å². The van der Waals surface area contributed by atoms with Gasteiger partial charge in [0.1, 0.15) is 24.0 Å². The van der Waals surface area contributed by atoms with Gasteiger partial charge in [-0.05, 0) is 99.8 Å². The highest BCUT2D eigenvalue weighted by Gasteiger charge is 2.30. The number of ether oxygens (including phenoxy) is 1. The molecule has 0 saturated carbocycles. The summed E-state index contributed by atoms with van der Waals surface area (Å²) < 4.78 is 83.4. The Balaban J connectivity index is 1.07. The third kappa shape index (κ3) is 6.98. The number of nitrogens with zero attached hydrogens (tertiary/aromatic N) is 5. The predicted octanol–water partition coefficient (Wildman–Crippen LogP) is 16.6. The van der Waals surface area contributed by atoms with Crippen molar-refractivity contribution in [1.29, 1.82) is 0 Å². The van der Waals surface area contributed by atoms with Gasteiger partial charge in [-0.3, -0.25) is 4.57 Å². The Hall–Kier alpha value is -8.09. The van der Waals surface area contributed by atoms with Crippen LogP contribution in [0.2, 0.25) is 0 Å². The summed E-state index contributed by atoms with van der Waals surface area (Å²) in [4.78, 5) is 9.56. The van der Waals surface area contributed by atoms with Crippen LogP contribution >= 0.6 is 0 Å². The molecular weight excluding hydrogens is 831 g/mol. The maximum atomic E-state index is 9.45. The van der Waals surface area contributed by atoms with Crippen LogP contribution in [-0.4, -0.2) is 20.8 Å². The molecule has 0 saturated heterocycles. The average Bonchev–Trinajstić information content (AvgIpc) is 4.32. The highest BCUT2D eigenvalue weighted by Crippen LogP contribution is 2.47. The molecule has 1 aliphatic rings. The van der Waals surface area contributed by atoms with Crippen LogP contribution in [0, 0.1) is 0 Å². The normalized spacial score (nSPS) is 14.7. The van der Waals surface area contributed by atoms with Crippen molar-refractivity contribution in [3.63, 3.8) is 0 Å². The SMILES string of the molecule is [2H]c1c([2H])c([2H])c2c(c1[2H])c1c([2H])c([2H])c([2H])c([2H])c1n2-c1cc(Oc2cccc(N3CN(c4cc(-c5ccccc5)cc(C(C)(C)C)c4)c4ccccc43)c2)cc2c1c1ccccc1n2-c1cc(C(C)(C)C)ccn1. The first-order valence-corrected chi connectivity index (χ1v) is 23.0. The molecular formula is C62H53N5O. The first-order chi connectivity index (χ1) is 36.3. The summed E-state index contributed by atoms with van der Waals surface area (Å²) in [5.41, 5.74) is 10.2. The van der Waals surface area contributed by atoms with E-state index in [1.165, 1.54) is 5.56 Å². The molecule has 0 amide bonds. The van der Waals surface area contributed by atoms with Crippen molar-refractivity contribution < 1.29 is 15.7 Å². The fraction of sp³-hybridized carbons (Fsp3) is 0.145. The second kappa shape index (κ2) is 15.8. The Morgan fingerprint density at radius 2 is 1.13 bits per heavy atom. The number of aromatic nitrogens is 3. The van der Waals surface area contributed by atoms with E-state index in [1.807, 2.05) is 66.7 Å². The third-order valence-electron chi connectivity index (χ3n) is 13.2. The molecule has 0 atom stereocenters. The lowest BCUT2D eigenvalue weighted by Gasteiger charge is -2.26. The first-order valence-electron chi connectivity index (χ1n) is 27.0. The molecule has 0 fully saturated rings. The van der Waals surface area contributed by atoms with Crippen LogP contribution < -0.4 is 14.5 Å². The van der Waals surface area contributed by atoms with Crippen LogP contribution in [-0.2, 0) is 10.8 Å². The van der Waals surface area contributed by atoms with E-state index in [1.54, 1.807) is 16.8 Å². The Labute approximate surface area is 409 Å². The summed E-state index contributed by atoms with van der Waals surface area (Å²) >= 11 is 0. The number of hydrogen-bond acceptors (Lipinski definition) is 4. The van der Waals surface area contributed by atoms with Gasteiger partial charge in [0.2, 0.25) is 0 Å². The van der Waals surface area contributed by atoms with Gasteiger partial charge in [-0.2, -0.15) is 0 Å². The van der Waals surface area contributed by atoms with Crippen LogP contribution in [0.5, 0.6) is 11.5 Å². The Kier molecular flexibility index (Phi) is 7.75. The molecule has 0 radical (unpaired) electrons. The van der Waals surface area contributed by atoms with Gasteiger partial charge < -0.3 is 19.1 Å². The Morgan fingerprint density at radius 1 is 0.471 bits per heavy atom. The van der Waals surface area contributed by atoms with Crippen molar-refractivity contribution in [3.8, 4) is 34.1 Å². The van der Waals surface area contributed by atoms with E-state index in [0.29, 0.717) is 40.6 Å². The molecule has 0 bridgehead atoms. The molecule has 0 spiro atoms. The fourth-order valence-electron chi connectivity index (χ4n) is 9.70. The maximum Gasteiger partial charge on any atom is 0.137 e. The Morgan fingerprint density at radius 3 is 1.85 bits per heavy atom. The van der Waals surface area contributed by atoms with Gasteiger partial charge in [0.25, 0.3) is 0 Å². The van der Waals surface area contributed by atoms with Crippen LogP contribution in [0.25, 0.3) is 66.2 Å². The van der Waals surface area contributed by atoms with Crippen LogP contribution in [0.1, 0.15) is 63.6 Å². The standard InChI is InChI=1S/C62H53N5O/c1-61(2,3)43-31-32-63-59(36-43)67-54-28-15-12-25-51(54)60-57(66-52-26-13-10-23-49(52)50-24-11-14-27-53(50)66)38-48(39-58(60)67)68-47-22-18-21-45(37-47)64-40-65(56-30-17-16-29-55(56)64)46-34-42(41-19-8-7-9-20-41)33-44(35-46)62(4,5)6/h7-39H,40H2,1-6H3/i10D,11D,13D,14D,23D,24D,26D,27D. The van der Waals surface area contributed by atoms with Gasteiger partial charge >= 0.3 is 0 Å². The zero-order chi connectivity index (χ0) is 53.3. The first kappa shape index (κ1) is 33.4. The van der Waals surface area contributed by atoms with Crippen LogP contribution in [0.4, 0.5) is 22.7 Å². The quantitative estimate of drug-likeness (QED) is 0.160. The molecule has 11 aromatic rings. The molecule has 3 aromatic heterocycles. The van der Waals surface area contributed by atoms with E-state index in [-0.39, 0.29) is 44.7 Å². The predicted molar refractivity (Wildman–Crippen MR) is 284 cm³/mol. The van der Waals surface area contributed by atoms with Crippen LogP contribution in [0.15, 0.2) is 200 Å². The topological polar surface area (TPSA) is 38.5 Å². The minimum atomic E-state index is -0.508. The van der Waals surface area contributed by atoms with Gasteiger partial charge in [0.05, 0.1) is 50.1 Å². The molecule has 68 heavy (non-hydrogen) atoms. The van der Waals surface area contributed by atoms with Crippen molar-refractivity contribution in [2.45, 2.75) is 52.4 Å². The molecule has 0 aliphatic carbocycles. The number of benzene rings is 8. The maximum absolute atomic E-state index is 9.45. The third-order valence-corrected chi connectivity index (χ3v) is 13.2. The number of pyridine rings is 1. The molecule has 332 valence electrons. The Bertz CT molecular complexity index is 4130. The zero-order valence-electron chi connectivity index (χ0n) is 46.8. The van der Waals surface area contributed by atoms with Crippen molar-refractivity contribution >= 4 is 66.4 Å². The lowest BCUT2D eigenvalue weighted by molar-refractivity contribution is 0.483. The van der Waals surface area contributed by atoms with E-state index >= 15 is 0 Å². The van der Waals surface area contributed by atoms with Gasteiger partial charge in [-0.15, -0.1) is 0 Å². The minimum absolute atomic E-state index is 0.00943. The number of hydrogen-bond donors (Lipinski definition) is 0. The lowest BCUT2D eigenvalue weighted by Crippen LogP contribution is -2.24. The zero-order valence-corrected chi connectivity index (χ0v) is 38.8. The summed E-state index contributed by atoms with van der Waals surface area (Å²) in [6, 6.07) is 45.7. The van der Waals surface area contributed by atoms with Crippen molar-refractivity contribution in [2.75, 3.05) is 16.5 Å². The van der Waals surface area contributed by atoms with E-state index in [2.05, 4.69) is 129 Å². The summed E-state index contributed by atoms with van der Waals surface area (Å²) in [5.74, 6) is 1.51. The van der Waals surface area contributed by atoms with E-state index in [4.69, 9.17) is 15.2 Å². The van der Waals surface area contributed by atoms with E-state index in [9.17, 15) is 5.48 Å². The van der Waals surface area contributed by atoms with Gasteiger partial charge in [-0.25, -0.2) is 4.98 Å². The van der Waals surface area contributed by atoms with Gasteiger partial charge in [0, 0.05) is 57.3 Å².